The highest BCUT2D eigenvalue weighted by Gasteiger charge is 2.64. The van der Waals surface area contributed by atoms with Crippen LogP contribution in [0.4, 0.5) is 4.39 Å². The summed E-state index contributed by atoms with van der Waals surface area (Å²) in [4.78, 5) is 6.31. The molecule has 4 aliphatic rings. The smallest absolute Gasteiger partial charge is 0.230 e. The maximum Gasteiger partial charge on any atom is 0.230 e. The highest BCUT2D eigenvalue weighted by atomic mass is 32.2. The molecule has 2 aliphatic heterocycles. The van der Waals surface area contributed by atoms with Crippen LogP contribution in [0.1, 0.15) is 178 Å². The molecular weight excluding hydrogens is 838 g/mol. The van der Waals surface area contributed by atoms with Crippen LogP contribution in [0.5, 0.6) is 11.5 Å². The minimum absolute atomic E-state index is 0.0426. The lowest BCUT2D eigenvalue weighted by atomic mass is 9.56. The van der Waals surface area contributed by atoms with E-state index in [1.165, 1.54) is 89.5 Å². The van der Waals surface area contributed by atoms with Gasteiger partial charge in [-0.05, 0) is 92.4 Å². The Kier molecular flexibility index (Phi) is 22.5. The quantitative estimate of drug-likeness (QED) is 0.0425. The first-order chi connectivity index (χ1) is 32.0. The second-order valence-corrected chi connectivity index (χ2v) is 20.3. The number of fused-ring (bicyclic) bond motifs is 2. The summed E-state index contributed by atoms with van der Waals surface area (Å²) in [6.45, 7) is 7.80. The molecule has 8 nitrogen and oxygen atoms in total. The summed E-state index contributed by atoms with van der Waals surface area (Å²) in [5, 5.41) is 24.8. The van der Waals surface area contributed by atoms with Crippen LogP contribution in [0, 0.1) is 23.6 Å². The van der Waals surface area contributed by atoms with Crippen molar-refractivity contribution in [3.63, 3.8) is 0 Å². The van der Waals surface area contributed by atoms with Crippen molar-refractivity contribution in [2.75, 3.05) is 32.2 Å². The molecule has 1 unspecified atom stereocenters. The van der Waals surface area contributed by atoms with Crippen molar-refractivity contribution in [2.24, 2.45) is 22.9 Å². The van der Waals surface area contributed by atoms with E-state index in [4.69, 9.17) is 28.9 Å². The number of benzene rings is 2. The predicted molar refractivity (Wildman–Crippen MR) is 263 cm³/mol. The molecule has 362 valence electrons. The fourth-order valence-electron chi connectivity index (χ4n) is 10.8. The number of thioether (sulfide) groups is 1. The Balaban J connectivity index is 1.28. The van der Waals surface area contributed by atoms with Crippen LogP contribution in [0.2, 0.25) is 0 Å². The fraction of sp³-hybridized carbons (Fsp3) is 0.691. The molecule has 0 amide bonds. The van der Waals surface area contributed by atoms with Crippen LogP contribution in [0.3, 0.4) is 0 Å². The molecule has 6 rings (SSSR count). The number of hydrogen-bond acceptors (Lipinski definition) is 9. The molecule has 2 N–H and O–H groups in total. The van der Waals surface area contributed by atoms with Gasteiger partial charge < -0.3 is 34.0 Å². The van der Waals surface area contributed by atoms with Crippen molar-refractivity contribution in [2.45, 2.75) is 191 Å². The molecule has 10 heteroatoms. The third-order valence-electron chi connectivity index (χ3n) is 14.2. The first kappa shape index (κ1) is 51.5. The highest BCUT2D eigenvalue weighted by molar-refractivity contribution is 8.00. The van der Waals surface area contributed by atoms with Crippen molar-refractivity contribution in [1.82, 2.24) is 0 Å². The molecule has 65 heavy (non-hydrogen) atoms. The maximum absolute atomic E-state index is 14.8. The third kappa shape index (κ3) is 14.8. The lowest BCUT2D eigenvalue weighted by molar-refractivity contribution is -0.223. The van der Waals surface area contributed by atoms with Gasteiger partial charge in [0.25, 0.3) is 0 Å². The second kappa shape index (κ2) is 28.4. The molecule has 2 aromatic rings. The van der Waals surface area contributed by atoms with Crippen molar-refractivity contribution in [1.29, 1.82) is 0 Å². The van der Waals surface area contributed by atoms with Crippen LogP contribution in [-0.2, 0) is 20.9 Å². The fourth-order valence-corrected chi connectivity index (χ4v) is 12.2. The molecule has 7 atom stereocenters. The lowest BCUT2D eigenvalue weighted by Crippen LogP contribution is -2.64. The largest absolute Gasteiger partial charge is 0.489 e. The Morgan fingerprint density at radius 3 is 2.25 bits per heavy atom. The van der Waals surface area contributed by atoms with Gasteiger partial charge in [0.05, 0.1) is 30.1 Å². The average Bonchev–Trinajstić information content (AvgIpc) is 3.33. The molecule has 1 saturated carbocycles. The van der Waals surface area contributed by atoms with E-state index in [0.717, 1.165) is 92.6 Å². The first-order valence-electron chi connectivity index (χ1n) is 25.9. The SMILES string of the molecule is C=CCO[C@@]12Oc3ccc(OCc4ccccc4F)cc3[C@H]3[C@H](CCCCO)[C@@H](CCCCO)C=C(C(=NOC4CCCCO4)C[C@@H]1SCCCCCCCCCCCCCCCC)[C@H]32. The Bertz CT molecular complexity index is 1750. The van der Waals surface area contributed by atoms with Gasteiger partial charge in [0.1, 0.15) is 23.9 Å². The number of rotatable bonds is 32. The minimum Gasteiger partial charge on any atom is -0.489 e. The molecule has 1 saturated heterocycles. The van der Waals surface area contributed by atoms with Gasteiger partial charge in [0.15, 0.2) is 0 Å². The number of oxime groups is 1. The van der Waals surface area contributed by atoms with Crippen molar-refractivity contribution >= 4 is 17.5 Å². The summed E-state index contributed by atoms with van der Waals surface area (Å²) in [5.41, 5.74) is 3.60. The Morgan fingerprint density at radius 1 is 0.862 bits per heavy atom. The highest BCUT2D eigenvalue weighted by Crippen LogP contribution is 2.62. The Hall–Kier alpha value is -2.89. The van der Waals surface area contributed by atoms with Gasteiger partial charge in [0, 0.05) is 43.1 Å². The van der Waals surface area contributed by atoms with E-state index in [1.807, 2.05) is 36.0 Å². The van der Waals surface area contributed by atoms with E-state index in [2.05, 4.69) is 25.6 Å². The summed E-state index contributed by atoms with van der Waals surface area (Å²) in [7, 11) is 0. The zero-order valence-electron chi connectivity index (χ0n) is 39.7. The van der Waals surface area contributed by atoms with E-state index in [-0.39, 0.29) is 60.8 Å². The Morgan fingerprint density at radius 2 is 1.57 bits per heavy atom. The van der Waals surface area contributed by atoms with Gasteiger partial charge in [-0.3, -0.25) is 0 Å². The normalized spacial score (nSPS) is 25.4. The molecule has 2 fully saturated rings. The second-order valence-electron chi connectivity index (χ2n) is 19.0. The van der Waals surface area contributed by atoms with E-state index in [9.17, 15) is 14.6 Å². The number of ether oxygens (including phenoxy) is 4. The molecule has 2 aromatic carbocycles. The standard InChI is InChI=1S/C55H82FNO7S/c1-3-5-6-7-8-9-10-11-12-13-14-15-16-25-37-65-51-40-49(57-64-52-30-21-24-36-60-52)46-38-42(26-19-22-33-58)45(28-20-23-34-59)53-47-39-44(61-41-43-27-17-18-29-48(43)56)31-32-50(47)63-55(51,54(46)53)62-35-4-2/h4,17-18,27,29,31-32,38-39,42,45,51-54,58-59H,2-3,5-16,19-26,28,30,33-37,40-41H2,1H3/t42-,45+,51-,52?,53+,54+,55+/m0/s1. The third-order valence-corrected chi connectivity index (χ3v) is 15.6. The summed E-state index contributed by atoms with van der Waals surface area (Å²) in [6.07, 6.45) is 31.1. The van der Waals surface area contributed by atoms with Crippen LogP contribution < -0.4 is 9.47 Å². The number of allylic oxidation sites excluding steroid dienone is 1. The van der Waals surface area contributed by atoms with Gasteiger partial charge in [-0.2, -0.15) is 11.8 Å². The number of aliphatic hydroxyl groups excluding tert-OH is 2. The van der Waals surface area contributed by atoms with Crippen molar-refractivity contribution in [3.05, 3.63) is 83.7 Å². The first-order valence-corrected chi connectivity index (χ1v) is 26.9. The van der Waals surface area contributed by atoms with Gasteiger partial charge in [0.2, 0.25) is 12.1 Å². The van der Waals surface area contributed by atoms with Gasteiger partial charge in [-0.25, -0.2) is 4.39 Å². The molecule has 2 aliphatic carbocycles. The van der Waals surface area contributed by atoms with Crippen LogP contribution in [-0.4, -0.2) is 65.4 Å². The molecule has 0 bridgehead atoms. The van der Waals surface area contributed by atoms with E-state index < -0.39 is 5.79 Å². The average molecular weight is 920 g/mol. The Labute approximate surface area is 395 Å². The van der Waals surface area contributed by atoms with Gasteiger partial charge in [-0.15, -0.1) is 6.58 Å². The molecule has 0 aromatic heterocycles. The molecule has 0 radical (unpaired) electrons. The minimum atomic E-state index is -1.01. The monoisotopic (exact) mass is 920 g/mol. The number of halogens is 1. The van der Waals surface area contributed by atoms with Gasteiger partial charge >= 0.3 is 0 Å². The van der Waals surface area contributed by atoms with E-state index in [0.29, 0.717) is 30.9 Å². The van der Waals surface area contributed by atoms with Crippen LogP contribution in [0.25, 0.3) is 0 Å². The summed E-state index contributed by atoms with van der Waals surface area (Å²) >= 11 is 1.95. The van der Waals surface area contributed by atoms with Crippen LogP contribution in [0.15, 0.2) is 71.9 Å². The summed E-state index contributed by atoms with van der Waals surface area (Å²) in [6, 6.07) is 12.8. The van der Waals surface area contributed by atoms with Gasteiger partial charge in [-0.1, -0.05) is 139 Å². The predicted octanol–water partition coefficient (Wildman–Crippen LogP) is 13.8. The summed E-state index contributed by atoms with van der Waals surface area (Å²) < 4.78 is 41.7. The molecule has 0 spiro atoms. The van der Waals surface area contributed by atoms with Crippen molar-refractivity contribution < 1.29 is 38.4 Å². The van der Waals surface area contributed by atoms with Crippen LogP contribution >= 0.6 is 11.8 Å². The zero-order valence-corrected chi connectivity index (χ0v) is 40.6. The number of unbranched alkanes of at least 4 members (excludes halogenated alkanes) is 15. The summed E-state index contributed by atoms with van der Waals surface area (Å²) in [5.74, 6) is 1.22. The van der Waals surface area contributed by atoms with Crippen molar-refractivity contribution in [3.8, 4) is 11.5 Å². The topological polar surface area (TPSA) is 99.0 Å². The lowest BCUT2D eigenvalue weighted by Gasteiger charge is -2.58. The number of hydrogen-bond donors (Lipinski definition) is 2. The number of nitrogens with zero attached hydrogens (tertiary/aromatic N) is 1. The zero-order chi connectivity index (χ0) is 45.5. The molecular formula is C55H82FNO7S. The maximum atomic E-state index is 14.8. The van der Waals surface area contributed by atoms with E-state index >= 15 is 0 Å². The number of aliphatic hydroxyl groups is 2. The molecule has 2 heterocycles. The van der Waals surface area contributed by atoms with E-state index in [1.54, 1.807) is 12.1 Å².